The third-order valence-electron chi connectivity index (χ3n) is 3.55. The molecule has 0 saturated heterocycles. The van der Waals surface area contributed by atoms with Gasteiger partial charge in [-0.25, -0.2) is 0 Å². The summed E-state index contributed by atoms with van der Waals surface area (Å²) >= 11 is 0. The van der Waals surface area contributed by atoms with Gasteiger partial charge < -0.3 is 10.1 Å². The van der Waals surface area contributed by atoms with Crippen LogP contribution in [-0.4, -0.2) is 10.9 Å². The molecule has 0 fully saturated rings. The fourth-order valence-electron chi connectivity index (χ4n) is 2.64. The number of rotatable bonds is 3. The number of ether oxygens (including phenoxy) is 1. The van der Waals surface area contributed by atoms with Crippen molar-refractivity contribution in [3.63, 3.8) is 0 Å². The van der Waals surface area contributed by atoms with Gasteiger partial charge in [0.25, 0.3) is 5.91 Å². The largest absolute Gasteiger partial charge is 0.480 e. The molecule has 0 saturated carbocycles. The molecule has 4 nitrogen and oxygen atoms in total. The summed E-state index contributed by atoms with van der Waals surface area (Å²) in [6, 6.07) is 9.91. The number of nitrogens with zero attached hydrogens (tertiary/aromatic N) is 1. The molecule has 1 aliphatic rings. The van der Waals surface area contributed by atoms with Gasteiger partial charge in [-0.3, -0.25) is 9.78 Å². The van der Waals surface area contributed by atoms with Crippen LogP contribution >= 0.6 is 0 Å². The molecule has 22 heavy (non-hydrogen) atoms. The molecule has 0 radical (unpaired) electrons. The quantitative estimate of drug-likeness (QED) is 0.939. The Morgan fingerprint density at radius 3 is 2.73 bits per heavy atom. The van der Waals surface area contributed by atoms with E-state index in [1.807, 2.05) is 6.08 Å². The third kappa shape index (κ3) is 3.17. The molecule has 2 heterocycles. The summed E-state index contributed by atoms with van der Waals surface area (Å²) in [6.45, 7) is 4.13. The van der Waals surface area contributed by atoms with Crippen LogP contribution in [0.4, 0.5) is 5.69 Å². The number of benzene rings is 1. The molecule has 0 bridgehead atoms. The van der Waals surface area contributed by atoms with E-state index < -0.39 is 0 Å². The number of carbonyl (C=O) groups is 1. The predicted octanol–water partition coefficient (Wildman–Crippen LogP) is 3.68. The van der Waals surface area contributed by atoms with Crippen LogP contribution in [0.5, 0.6) is 0 Å². The van der Waals surface area contributed by atoms with E-state index in [2.05, 4.69) is 42.3 Å². The molecule has 0 aliphatic carbocycles. The number of pyridine rings is 1. The van der Waals surface area contributed by atoms with Gasteiger partial charge in [-0.05, 0) is 37.6 Å². The average molecular weight is 294 g/mol. The van der Waals surface area contributed by atoms with Crippen LogP contribution in [0.1, 0.15) is 29.2 Å². The number of amides is 1. The van der Waals surface area contributed by atoms with E-state index in [4.69, 9.17) is 4.74 Å². The Kier molecular flexibility index (Phi) is 3.92. The van der Waals surface area contributed by atoms with Crippen molar-refractivity contribution in [1.82, 2.24) is 4.98 Å². The second-order valence-electron chi connectivity index (χ2n) is 5.53. The molecule has 1 aliphatic heterocycles. The summed E-state index contributed by atoms with van der Waals surface area (Å²) in [4.78, 5) is 16.2. The maximum Gasteiger partial charge on any atom is 0.290 e. The molecule has 1 amide bonds. The highest BCUT2D eigenvalue weighted by Gasteiger charge is 2.25. The molecular formula is C18H18N2O2. The Morgan fingerprint density at radius 2 is 2.05 bits per heavy atom. The zero-order valence-corrected chi connectivity index (χ0v) is 12.7. The van der Waals surface area contributed by atoms with E-state index >= 15 is 0 Å². The zero-order chi connectivity index (χ0) is 15.5. The number of anilines is 1. The van der Waals surface area contributed by atoms with Gasteiger partial charge in [-0.2, -0.15) is 0 Å². The molecule has 1 N–H and O–H groups in total. The topological polar surface area (TPSA) is 51.2 Å². The molecular weight excluding hydrogens is 276 g/mol. The summed E-state index contributed by atoms with van der Waals surface area (Å²) in [5, 5.41) is 2.78. The minimum atomic E-state index is -0.236. The van der Waals surface area contributed by atoms with E-state index in [1.165, 1.54) is 11.1 Å². The van der Waals surface area contributed by atoms with Crippen molar-refractivity contribution in [2.75, 3.05) is 5.32 Å². The molecule has 1 atom stereocenters. The Labute approximate surface area is 129 Å². The fourth-order valence-corrected chi connectivity index (χ4v) is 2.64. The number of hydrogen-bond acceptors (Lipinski definition) is 3. The van der Waals surface area contributed by atoms with Crippen LogP contribution in [-0.2, 0) is 9.53 Å². The standard InChI is InChI=1S/C18H18N2O2/c1-12-8-13(2)10-14(9-12)16-5-6-17(22-16)18(21)20-15-4-3-7-19-11-15/h3-4,6-11,16H,5H2,1-2H3,(H,20,21). The van der Waals surface area contributed by atoms with Crippen molar-refractivity contribution >= 4 is 11.6 Å². The predicted molar refractivity (Wildman–Crippen MR) is 85.3 cm³/mol. The summed E-state index contributed by atoms with van der Waals surface area (Å²) in [6.07, 6.45) is 5.73. The van der Waals surface area contributed by atoms with Gasteiger partial charge in [0.05, 0.1) is 11.9 Å². The fraction of sp³-hybridized carbons (Fsp3) is 0.222. The van der Waals surface area contributed by atoms with Crippen molar-refractivity contribution in [3.05, 3.63) is 71.3 Å². The summed E-state index contributed by atoms with van der Waals surface area (Å²) < 4.78 is 5.82. The van der Waals surface area contributed by atoms with Gasteiger partial charge in [-0.15, -0.1) is 0 Å². The molecule has 1 aromatic carbocycles. The van der Waals surface area contributed by atoms with Gasteiger partial charge in [-0.1, -0.05) is 29.3 Å². The van der Waals surface area contributed by atoms with Crippen molar-refractivity contribution < 1.29 is 9.53 Å². The molecule has 3 rings (SSSR count). The monoisotopic (exact) mass is 294 g/mol. The van der Waals surface area contributed by atoms with E-state index in [9.17, 15) is 4.79 Å². The maximum atomic E-state index is 12.2. The zero-order valence-electron chi connectivity index (χ0n) is 12.7. The third-order valence-corrected chi connectivity index (χ3v) is 3.55. The molecule has 2 aromatic rings. The van der Waals surface area contributed by atoms with Crippen LogP contribution in [0.25, 0.3) is 0 Å². The lowest BCUT2D eigenvalue weighted by atomic mass is 10.0. The molecule has 1 aromatic heterocycles. The lowest BCUT2D eigenvalue weighted by Gasteiger charge is -2.15. The average Bonchev–Trinajstić information content (AvgIpc) is 2.97. The first-order valence-corrected chi connectivity index (χ1v) is 7.28. The molecule has 1 unspecified atom stereocenters. The van der Waals surface area contributed by atoms with Crippen LogP contribution in [0.3, 0.4) is 0 Å². The van der Waals surface area contributed by atoms with E-state index in [-0.39, 0.29) is 12.0 Å². The van der Waals surface area contributed by atoms with Crippen LogP contribution in [0.2, 0.25) is 0 Å². The Bertz CT molecular complexity index is 703. The second kappa shape index (κ2) is 6.02. The van der Waals surface area contributed by atoms with Gasteiger partial charge in [0.15, 0.2) is 5.76 Å². The highest BCUT2D eigenvalue weighted by Crippen LogP contribution is 2.32. The van der Waals surface area contributed by atoms with E-state index in [1.54, 1.807) is 24.5 Å². The van der Waals surface area contributed by atoms with Crippen molar-refractivity contribution in [2.24, 2.45) is 0 Å². The van der Waals surface area contributed by atoms with E-state index in [0.29, 0.717) is 17.9 Å². The molecule has 0 spiro atoms. The van der Waals surface area contributed by atoms with Crippen LogP contribution in [0.15, 0.2) is 54.6 Å². The van der Waals surface area contributed by atoms with Crippen LogP contribution < -0.4 is 5.32 Å². The molecule has 4 heteroatoms. The lowest BCUT2D eigenvalue weighted by molar-refractivity contribution is -0.116. The normalized spacial score (nSPS) is 16.8. The summed E-state index contributed by atoms with van der Waals surface area (Å²) in [5.74, 6) is 0.132. The number of aryl methyl sites for hydroxylation is 2. The van der Waals surface area contributed by atoms with Gasteiger partial charge in [0.2, 0.25) is 0 Å². The SMILES string of the molecule is Cc1cc(C)cc(C2CC=C(C(=O)Nc3cccnc3)O2)c1. The number of hydrogen-bond donors (Lipinski definition) is 1. The minimum absolute atomic E-state index is 0.0896. The summed E-state index contributed by atoms with van der Waals surface area (Å²) in [5.41, 5.74) is 4.17. The van der Waals surface area contributed by atoms with Gasteiger partial charge >= 0.3 is 0 Å². The highest BCUT2D eigenvalue weighted by atomic mass is 16.5. The number of aromatic nitrogens is 1. The van der Waals surface area contributed by atoms with Crippen molar-refractivity contribution in [1.29, 1.82) is 0 Å². The van der Waals surface area contributed by atoms with Gasteiger partial charge in [0, 0.05) is 12.6 Å². The molecule has 112 valence electrons. The maximum absolute atomic E-state index is 12.2. The summed E-state index contributed by atoms with van der Waals surface area (Å²) in [7, 11) is 0. The Hall–Kier alpha value is -2.62. The second-order valence-corrected chi connectivity index (χ2v) is 5.53. The van der Waals surface area contributed by atoms with Gasteiger partial charge in [0.1, 0.15) is 6.10 Å². The van der Waals surface area contributed by atoms with Crippen molar-refractivity contribution in [2.45, 2.75) is 26.4 Å². The number of nitrogens with one attached hydrogen (secondary N) is 1. The Morgan fingerprint density at radius 1 is 1.27 bits per heavy atom. The first kappa shape index (κ1) is 14.3. The number of carbonyl (C=O) groups excluding carboxylic acids is 1. The highest BCUT2D eigenvalue weighted by molar-refractivity contribution is 6.02. The van der Waals surface area contributed by atoms with E-state index in [0.717, 1.165) is 5.56 Å². The van der Waals surface area contributed by atoms with Crippen LogP contribution in [0, 0.1) is 13.8 Å². The first-order valence-electron chi connectivity index (χ1n) is 7.28. The lowest BCUT2D eigenvalue weighted by Crippen LogP contribution is -2.15. The Balaban J connectivity index is 1.67. The first-order chi connectivity index (χ1) is 10.6. The minimum Gasteiger partial charge on any atom is -0.480 e. The smallest absolute Gasteiger partial charge is 0.290 e. The van der Waals surface area contributed by atoms with Crippen molar-refractivity contribution in [3.8, 4) is 0 Å².